The summed E-state index contributed by atoms with van der Waals surface area (Å²) in [4.78, 5) is 6.62. The maximum absolute atomic E-state index is 6.22. The number of pyridine rings is 1. The van der Waals surface area contributed by atoms with Gasteiger partial charge < -0.3 is 4.90 Å². The quantitative estimate of drug-likeness (QED) is 0.330. The maximum atomic E-state index is 6.22. The molecule has 0 aliphatic heterocycles. The summed E-state index contributed by atoms with van der Waals surface area (Å²) >= 11 is 6.22. The zero-order valence-corrected chi connectivity index (χ0v) is 18.3. The number of benzene rings is 1. The summed E-state index contributed by atoms with van der Waals surface area (Å²) in [5.74, 6) is 0.736. The van der Waals surface area contributed by atoms with E-state index in [0.717, 1.165) is 28.9 Å². The molecule has 2 aromatic rings. The van der Waals surface area contributed by atoms with E-state index in [2.05, 4.69) is 35.9 Å². The van der Waals surface area contributed by atoms with Gasteiger partial charge in [0.2, 0.25) is 0 Å². The van der Waals surface area contributed by atoms with E-state index in [4.69, 9.17) is 11.6 Å². The van der Waals surface area contributed by atoms with Crippen LogP contribution in [0.5, 0.6) is 0 Å². The highest BCUT2D eigenvalue weighted by molar-refractivity contribution is 6.30. The van der Waals surface area contributed by atoms with Gasteiger partial charge in [0, 0.05) is 23.5 Å². The third kappa shape index (κ3) is 8.99. The number of nitrogens with zero attached hydrogens (tertiary/aromatic N) is 2. The lowest BCUT2D eigenvalue weighted by molar-refractivity contribution is 0.460. The Morgan fingerprint density at radius 1 is 0.963 bits per heavy atom. The molecule has 0 N–H and O–H groups in total. The number of rotatable bonds is 12. The summed E-state index contributed by atoms with van der Waals surface area (Å²) in [7, 11) is 0. The van der Waals surface area contributed by atoms with E-state index in [1.807, 2.05) is 36.7 Å². The lowest BCUT2D eigenvalue weighted by atomic mass is 9.98. The smallest absolute Gasteiger partial charge is 0.0597 e. The molecule has 27 heavy (non-hydrogen) atoms. The molecule has 1 aromatic heterocycles. The summed E-state index contributed by atoms with van der Waals surface area (Å²) in [5.41, 5.74) is 2.26. The minimum atomic E-state index is 0. The van der Waals surface area contributed by atoms with Gasteiger partial charge in [0.25, 0.3) is 0 Å². The number of aromatic nitrogens is 1. The molecule has 0 fully saturated rings. The molecule has 1 heterocycles. The first-order valence-corrected chi connectivity index (χ1v) is 10.5. The topological polar surface area (TPSA) is 16.1 Å². The molecule has 2 rings (SSSR count). The highest BCUT2D eigenvalue weighted by atomic mass is 35.5. The second kappa shape index (κ2) is 13.8. The van der Waals surface area contributed by atoms with Gasteiger partial charge in [-0.2, -0.15) is 0 Å². The lowest BCUT2D eigenvalue weighted by Gasteiger charge is -2.26. The van der Waals surface area contributed by atoms with Crippen molar-refractivity contribution in [1.82, 2.24) is 4.98 Å². The molecule has 0 spiro atoms. The molecule has 0 amide bonds. The molecule has 1 atom stereocenters. The Kier molecular flexibility index (Phi) is 12.2. The van der Waals surface area contributed by atoms with Crippen LogP contribution in [0.2, 0.25) is 5.02 Å². The number of hydrogen-bond donors (Lipinski definition) is 0. The normalized spacial score (nSPS) is 11.7. The van der Waals surface area contributed by atoms with Crippen molar-refractivity contribution in [3.63, 3.8) is 0 Å². The predicted molar refractivity (Wildman–Crippen MR) is 122 cm³/mol. The minimum absolute atomic E-state index is 0. The van der Waals surface area contributed by atoms with E-state index >= 15 is 0 Å². The molecule has 0 saturated carbocycles. The first-order valence-electron chi connectivity index (χ1n) is 10.1. The molecule has 150 valence electrons. The van der Waals surface area contributed by atoms with E-state index in [9.17, 15) is 0 Å². The van der Waals surface area contributed by atoms with Crippen molar-refractivity contribution in [3.05, 3.63) is 53.8 Å². The van der Waals surface area contributed by atoms with Crippen LogP contribution >= 0.6 is 24.0 Å². The van der Waals surface area contributed by atoms with E-state index < -0.39 is 0 Å². The van der Waals surface area contributed by atoms with Crippen molar-refractivity contribution >= 4 is 35.4 Å². The summed E-state index contributed by atoms with van der Waals surface area (Å²) in [6.45, 7) is 5.64. The molecule has 0 aliphatic rings. The minimum Gasteiger partial charge on any atom is -0.340 e. The lowest BCUT2D eigenvalue weighted by Crippen LogP contribution is -2.20. The molecule has 4 heteroatoms. The van der Waals surface area contributed by atoms with Crippen LogP contribution in [0.4, 0.5) is 11.4 Å². The predicted octanol–water partition coefficient (Wildman–Crippen LogP) is 8.07. The van der Waals surface area contributed by atoms with Crippen LogP contribution in [-0.4, -0.2) is 11.5 Å². The molecule has 0 bridgehead atoms. The van der Waals surface area contributed by atoms with Crippen LogP contribution in [0.1, 0.15) is 65.2 Å². The highest BCUT2D eigenvalue weighted by Crippen LogP contribution is 2.28. The largest absolute Gasteiger partial charge is 0.340 e. The van der Waals surface area contributed by atoms with Crippen LogP contribution in [-0.2, 0) is 0 Å². The number of unbranched alkanes of at least 4 members (excludes halogenated alkanes) is 5. The first-order chi connectivity index (χ1) is 12.7. The van der Waals surface area contributed by atoms with Crippen molar-refractivity contribution in [2.75, 3.05) is 11.4 Å². The third-order valence-corrected chi connectivity index (χ3v) is 5.21. The number of halogens is 2. The van der Waals surface area contributed by atoms with Crippen LogP contribution in [0.15, 0.2) is 48.8 Å². The Morgan fingerprint density at radius 2 is 1.70 bits per heavy atom. The summed E-state index contributed by atoms with van der Waals surface area (Å²) < 4.78 is 0. The summed E-state index contributed by atoms with van der Waals surface area (Å²) in [6.07, 6.45) is 14.5. The zero-order chi connectivity index (χ0) is 18.6. The number of hydrogen-bond acceptors (Lipinski definition) is 2. The van der Waals surface area contributed by atoms with Crippen molar-refractivity contribution in [3.8, 4) is 0 Å². The van der Waals surface area contributed by atoms with Gasteiger partial charge in [0.1, 0.15) is 0 Å². The maximum Gasteiger partial charge on any atom is 0.0597 e. The van der Waals surface area contributed by atoms with E-state index in [1.165, 1.54) is 51.4 Å². The fourth-order valence-electron chi connectivity index (χ4n) is 3.33. The van der Waals surface area contributed by atoms with Crippen molar-refractivity contribution in [2.45, 2.75) is 65.2 Å². The molecule has 1 aromatic carbocycles. The highest BCUT2D eigenvalue weighted by Gasteiger charge is 2.12. The van der Waals surface area contributed by atoms with Gasteiger partial charge in [-0.1, -0.05) is 76.5 Å². The molecular weight excluding hydrogens is 375 g/mol. The van der Waals surface area contributed by atoms with Gasteiger partial charge in [-0.3, -0.25) is 4.98 Å². The van der Waals surface area contributed by atoms with Crippen LogP contribution in [0.25, 0.3) is 0 Å². The Balaban J connectivity index is 0.00000364. The zero-order valence-electron chi connectivity index (χ0n) is 16.7. The molecule has 0 aliphatic carbocycles. The van der Waals surface area contributed by atoms with E-state index in [0.29, 0.717) is 0 Å². The van der Waals surface area contributed by atoms with Crippen LogP contribution in [0.3, 0.4) is 0 Å². The van der Waals surface area contributed by atoms with Gasteiger partial charge in [-0.25, -0.2) is 0 Å². The second-order valence-corrected chi connectivity index (χ2v) is 7.73. The molecule has 0 saturated heterocycles. The summed E-state index contributed by atoms with van der Waals surface area (Å²) in [6, 6.07) is 12.2. The average molecular weight is 409 g/mol. The molecule has 2 nitrogen and oxygen atoms in total. The van der Waals surface area contributed by atoms with Crippen LogP contribution in [0, 0.1) is 5.92 Å². The standard InChI is InChI=1S/C23H33ClN2.ClH/c1-3-4-5-6-7-8-11-20(2)15-17-26(23-14-10-16-25-19-23)22-13-9-12-21(24)18-22;/h9-10,12-14,16,18-20H,3-8,11,15,17H2,1-2H3;1H. The van der Waals surface area contributed by atoms with Gasteiger partial charge in [0.15, 0.2) is 0 Å². The van der Waals surface area contributed by atoms with Crippen LogP contribution < -0.4 is 4.90 Å². The van der Waals surface area contributed by atoms with E-state index in [-0.39, 0.29) is 12.4 Å². The fraction of sp³-hybridized carbons (Fsp3) is 0.522. The van der Waals surface area contributed by atoms with Gasteiger partial charge in [-0.05, 0) is 42.7 Å². The van der Waals surface area contributed by atoms with Gasteiger partial charge >= 0.3 is 0 Å². The molecular formula is C23H34Cl2N2. The van der Waals surface area contributed by atoms with E-state index in [1.54, 1.807) is 0 Å². The fourth-order valence-corrected chi connectivity index (χ4v) is 3.52. The molecule has 0 radical (unpaired) electrons. The molecule has 1 unspecified atom stereocenters. The SMILES string of the molecule is CCCCCCCCC(C)CCN(c1cccnc1)c1cccc(Cl)c1.Cl. The van der Waals surface area contributed by atoms with Crippen molar-refractivity contribution in [1.29, 1.82) is 0 Å². The Bertz CT molecular complexity index is 619. The van der Waals surface area contributed by atoms with Crippen molar-refractivity contribution < 1.29 is 0 Å². The monoisotopic (exact) mass is 408 g/mol. The first kappa shape index (κ1) is 23.8. The third-order valence-electron chi connectivity index (χ3n) is 4.97. The number of anilines is 2. The van der Waals surface area contributed by atoms with Crippen molar-refractivity contribution in [2.24, 2.45) is 5.92 Å². The second-order valence-electron chi connectivity index (χ2n) is 7.29. The van der Waals surface area contributed by atoms with Gasteiger partial charge in [0.05, 0.1) is 11.9 Å². The summed E-state index contributed by atoms with van der Waals surface area (Å²) in [5, 5.41) is 0.775. The Labute approximate surface area is 176 Å². The Morgan fingerprint density at radius 3 is 2.41 bits per heavy atom. The van der Waals surface area contributed by atoms with Gasteiger partial charge in [-0.15, -0.1) is 12.4 Å². The average Bonchev–Trinajstić information content (AvgIpc) is 2.66. The Hall–Kier alpha value is -1.25.